The summed E-state index contributed by atoms with van der Waals surface area (Å²) in [6.07, 6.45) is 0. The van der Waals surface area contributed by atoms with Crippen LogP contribution in [0.1, 0.15) is 11.1 Å². The summed E-state index contributed by atoms with van der Waals surface area (Å²) in [5.74, 6) is -0.144. The van der Waals surface area contributed by atoms with Crippen LogP contribution >= 0.6 is 15.9 Å². The molecule has 0 saturated heterocycles. The van der Waals surface area contributed by atoms with E-state index in [2.05, 4.69) is 15.9 Å². The summed E-state index contributed by atoms with van der Waals surface area (Å²) in [4.78, 5) is 0. The third-order valence-corrected chi connectivity index (χ3v) is 3.00. The molecule has 2 rings (SSSR count). The summed E-state index contributed by atoms with van der Waals surface area (Å²) in [6, 6.07) is 11.0. The number of hydrogen-bond acceptors (Lipinski definition) is 3. The number of rotatable bonds is 3. The Morgan fingerprint density at radius 2 is 2.05 bits per heavy atom. The number of ether oxygens (including phenoxy) is 1. The van der Waals surface area contributed by atoms with Crippen LogP contribution in [0.3, 0.4) is 0 Å². The Morgan fingerprint density at radius 1 is 1.26 bits per heavy atom. The maximum absolute atomic E-state index is 13.5. The van der Waals surface area contributed by atoms with Gasteiger partial charge in [0.05, 0.1) is 6.61 Å². The van der Waals surface area contributed by atoms with Crippen molar-refractivity contribution in [2.75, 3.05) is 0 Å². The molecule has 0 saturated carbocycles. The minimum Gasteiger partial charge on any atom is -0.455 e. The van der Waals surface area contributed by atoms with Crippen LogP contribution in [-0.2, 0) is 6.61 Å². The van der Waals surface area contributed by atoms with Crippen molar-refractivity contribution in [1.82, 2.24) is 0 Å². The van der Waals surface area contributed by atoms with Crippen LogP contribution in [-0.4, -0.2) is 5.11 Å². The van der Waals surface area contributed by atoms with E-state index in [4.69, 9.17) is 10.00 Å². The molecule has 0 radical (unpaired) electrons. The molecule has 0 aliphatic heterocycles. The Bertz CT molecular complexity index is 652. The van der Waals surface area contributed by atoms with Crippen LogP contribution in [0.25, 0.3) is 0 Å². The van der Waals surface area contributed by atoms with Gasteiger partial charge in [-0.2, -0.15) is 5.26 Å². The van der Waals surface area contributed by atoms with Crippen LogP contribution in [0.2, 0.25) is 0 Å². The third-order valence-electron chi connectivity index (χ3n) is 2.51. The monoisotopic (exact) mass is 321 g/mol. The molecule has 0 amide bonds. The second-order valence-electron chi connectivity index (χ2n) is 3.74. The van der Waals surface area contributed by atoms with E-state index in [1.807, 2.05) is 0 Å². The van der Waals surface area contributed by atoms with E-state index in [1.54, 1.807) is 24.3 Å². The van der Waals surface area contributed by atoms with Gasteiger partial charge in [-0.1, -0.05) is 28.1 Å². The fourth-order valence-corrected chi connectivity index (χ4v) is 1.91. The van der Waals surface area contributed by atoms with Crippen molar-refractivity contribution in [3.8, 4) is 17.6 Å². The van der Waals surface area contributed by atoms with Gasteiger partial charge >= 0.3 is 0 Å². The lowest BCUT2D eigenvalue weighted by molar-refractivity contribution is 0.276. The Hall–Kier alpha value is -1.90. The van der Waals surface area contributed by atoms with Crippen LogP contribution in [0.15, 0.2) is 40.9 Å². The molecule has 0 atom stereocenters. The van der Waals surface area contributed by atoms with Crippen molar-refractivity contribution in [2.45, 2.75) is 6.61 Å². The summed E-state index contributed by atoms with van der Waals surface area (Å²) in [5, 5.41) is 18.2. The maximum atomic E-state index is 13.5. The molecule has 0 aliphatic rings. The molecule has 0 unspecified atom stereocenters. The molecule has 2 aromatic carbocycles. The largest absolute Gasteiger partial charge is 0.455 e. The highest BCUT2D eigenvalue weighted by molar-refractivity contribution is 9.10. The Balaban J connectivity index is 2.45. The minimum atomic E-state index is -0.638. The third kappa shape index (κ3) is 2.92. The molecule has 1 N–H and O–H groups in total. The first-order valence-corrected chi connectivity index (χ1v) is 6.20. The lowest BCUT2D eigenvalue weighted by Gasteiger charge is -2.11. The first kappa shape index (κ1) is 13.5. The zero-order chi connectivity index (χ0) is 13.8. The molecule has 5 heteroatoms. The van der Waals surface area contributed by atoms with Gasteiger partial charge < -0.3 is 9.84 Å². The highest BCUT2D eigenvalue weighted by Crippen LogP contribution is 2.31. The topological polar surface area (TPSA) is 53.2 Å². The zero-order valence-corrected chi connectivity index (χ0v) is 11.3. The Kier molecular flexibility index (Phi) is 4.15. The number of nitriles is 1. The van der Waals surface area contributed by atoms with Gasteiger partial charge in [0.2, 0.25) is 0 Å². The molecule has 0 aliphatic carbocycles. The first-order valence-electron chi connectivity index (χ1n) is 5.41. The van der Waals surface area contributed by atoms with Gasteiger partial charge in [-0.3, -0.25) is 0 Å². The minimum absolute atomic E-state index is 0.121. The van der Waals surface area contributed by atoms with Crippen molar-refractivity contribution < 1.29 is 14.2 Å². The molecular formula is C14H9BrFNO2. The van der Waals surface area contributed by atoms with Crippen LogP contribution in [0.5, 0.6) is 11.5 Å². The molecule has 2 aromatic rings. The van der Waals surface area contributed by atoms with Crippen molar-refractivity contribution in [3.05, 3.63) is 57.8 Å². The van der Waals surface area contributed by atoms with E-state index >= 15 is 0 Å². The molecule has 3 nitrogen and oxygen atoms in total. The lowest BCUT2D eigenvalue weighted by Crippen LogP contribution is -1.95. The smallest absolute Gasteiger partial charge is 0.148 e. The van der Waals surface area contributed by atoms with E-state index in [9.17, 15) is 9.50 Å². The van der Waals surface area contributed by atoms with Gasteiger partial charge in [0.15, 0.2) is 0 Å². The average Bonchev–Trinajstić information content (AvgIpc) is 2.39. The van der Waals surface area contributed by atoms with Gasteiger partial charge in [0, 0.05) is 10.0 Å². The Morgan fingerprint density at radius 3 is 2.74 bits per heavy atom. The molecular weight excluding hydrogens is 313 g/mol. The van der Waals surface area contributed by atoms with Crippen molar-refractivity contribution in [3.63, 3.8) is 0 Å². The van der Waals surface area contributed by atoms with Crippen molar-refractivity contribution >= 4 is 15.9 Å². The normalized spacial score (nSPS) is 10.0. The van der Waals surface area contributed by atoms with Gasteiger partial charge in [-0.15, -0.1) is 0 Å². The Labute approximate surface area is 118 Å². The quantitative estimate of drug-likeness (QED) is 0.936. The summed E-state index contributed by atoms with van der Waals surface area (Å²) in [5.41, 5.74) is 0.391. The molecule has 19 heavy (non-hydrogen) atoms. The summed E-state index contributed by atoms with van der Waals surface area (Å²) in [6.45, 7) is -0.209. The van der Waals surface area contributed by atoms with Crippen molar-refractivity contribution in [2.24, 2.45) is 0 Å². The van der Waals surface area contributed by atoms with Gasteiger partial charge in [-0.05, 0) is 24.3 Å². The average molecular weight is 322 g/mol. The van der Waals surface area contributed by atoms with E-state index in [1.165, 1.54) is 18.2 Å². The number of halogens is 2. The fraction of sp³-hybridized carbons (Fsp3) is 0.0714. The highest BCUT2D eigenvalue weighted by atomic mass is 79.9. The van der Waals surface area contributed by atoms with E-state index < -0.39 is 5.82 Å². The molecule has 0 spiro atoms. The second-order valence-corrected chi connectivity index (χ2v) is 4.65. The molecule has 0 aromatic heterocycles. The van der Waals surface area contributed by atoms with E-state index in [0.717, 1.165) is 4.47 Å². The number of benzene rings is 2. The number of hydrogen-bond donors (Lipinski definition) is 1. The SMILES string of the molecule is N#Cc1c(F)cccc1Oc1cc(Br)ccc1CO. The van der Waals surface area contributed by atoms with Crippen LogP contribution in [0.4, 0.5) is 4.39 Å². The molecule has 0 heterocycles. The lowest BCUT2D eigenvalue weighted by atomic mass is 10.2. The van der Waals surface area contributed by atoms with Gasteiger partial charge in [0.25, 0.3) is 0 Å². The predicted octanol–water partition coefficient (Wildman–Crippen LogP) is 3.74. The van der Waals surface area contributed by atoms with E-state index in [0.29, 0.717) is 11.3 Å². The summed E-state index contributed by atoms with van der Waals surface area (Å²) in [7, 11) is 0. The first-order chi connectivity index (χ1) is 9.15. The standard InChI is InChI=1S/C14H9BrFNO2/c15-10-5-4-9(8-18)14(6-10)19-13-3-1-2-12(16)11(13)7-17/h1-6,18H,8H2. The number of aliphatic hydroxyl groups is 1. The molecule has 96 valence electrons. The predicted molar refractivity (Wildman–Crippen MR) is 71.3 cm³/mol. The molecule has 0 fully saturated rings. The fourth-order valence-electron chi connectivity index (χ4n) is 1.57. The second kappa shape index (κ2) is 5.83. The van der Waals surface area contributed by atoms with Crippen molar-refractivity contribution in [1.29, 1.82) is 5.26 Å². The van der Waals surface area contributed by atoms with E-state index in [-0.39, 0.29) is 17.9 Å². The van der Waals surface area contributed by atoms with Crippen LogP contribution < -0.4 is 4.74 Å². The van der Waals surface area contributed by atoms with Gasteiger partial charge in [0.1, 0.15) is 28.9 Å². The highest BCUT2D eigenvalue weighted by Gasteiger charge is 2.12. The zero-order valence-electron chi connectivity index (χ0n) is 9.73. The van der Waals surface area contributed by atoms with Crippen LogP contribution in [0, 0.1) is 17.1 Å². The summed E-state index contributed by atoms with van der Waals surface area (Å²) >= 11 is 3.29. The molecule has 0 bridgehead atoms. The number of nitrogens with zero attached hydrogens (tertiary/aromatic N) is 1. The summed E-state index contributed by atoms with van der Waals surface area (Å²) < 4.78 is 19.7. The van der Waals surface area contributed by atoms with Gasteiger partial charge in [-0.25, -0.2) is 4.39 Å². The maximum Gasteiger partial charge on any atom is 0.148 e. The number of aliphatic hydroxyl groups excluding tert-OH is 1.